The van der Waals surface area contributed by atoms with E-state index in [4.69, 9.17) is 20.8 Å². The average Bonchev–Trinajstić information content (AvgIpc) is 3.04. The molecule has 10 heteroatoms. The molecule has 0 bridgehead atoms. The molecule has 32 heavy (non-hydrogen) atoms. The number of aryl methyl sites for hydroxylation is 1. The highest BCUT2D eigenvalue weighted by atomic mass is 35.5. The molecule has 168 valence electrons. The predicted molar refractivity (Wildman–Crippen MR) is 116 cm³/mol. The van der Waals surface area contributed by atoms with E-state index in [1.165, 1.54) is 6.39 Å². The number of amides is 1. The fourth-order valence-corrected chi connectivity index (χ4v) is 3.88. The third-order valence-electron chi connectivity index (χ3n) is 5.33. The number of nitrogens with one attached hydrogen (secondary N) is 1. The number of rotatable bonds is 6. The monoisotopic (exact) mass is 459 g/mol. The fourth-order valence-electron chi connectivity index (χ4n) is 3.68. The maximum atomic E-state index is 13.1. The van der Waals surface area contributed by atoms with Crippen LogP contribution in [0.4, 0.5) is 4.39 Å². The third kappa shape index (κ3) is 5.12. The smallest absolute Gasteiger partial charge is 0.252 e. The van der Waals surface area contributed by atoms with Gasteiger partial charge >= 0.3 is 0 Å². The SMILES string of the molecule is Cc1ncoc1C(CNC(=O)c1cc(-c2ncc(F)cn2)ccc1Cl)N1CCCOCC1. The Morgan fingerprint density at radius 3 is 2.81 bits per heavy atom. The van der Waals surface area contributed by atoms with Crippen LogP contribution >= 0.6 is 11.6 Å². The van der Waals surface area contributed by atoms with E-state index in [1.54, 1.807) is 18.2 Å². The molecule has 1 N–H and O–H groups in total. The van der Waals surface area contributed by atoms with Crippen molar-refractivity contribution in [3.05, 3.63) is 64.8 Å². The lowest BCUT2D eigenvalue weighted by molar-refractivity contribution is 0.0919. The van der Waals surface area contributed by atoms with Gasteiger partial charge < -0.3 is 14.5 Å². The molecule has 1 aromatic carbocycles. The van der Waals surface area contributed by atoms with Crippen LogP contribution in [0.2, 0.25) is 5.02 Å². The number of hydrogen-bond donors (Lipinski definition) is 1. The molecule has 1 amide bonds. The van der Waals surface area contributed by atoms with Crippen LogP contribution in [-0.2, 0) is 4.74 Å². The first kappa shape index (κ1) is 22.3. The Hall–Kier alpha value is -2.88. The first-order valence-corrected chi connectivity index (χ1v) is 10.7. The quantitative estimate of drug-likeness (QED) is 0.603. The highest BCUT2D eigenvalue weighted by molar-refractivity contribution is 6.34. The van der Waals surface area contributed by atoms with Gasteiger partial charge in [-0.1, -0.05) is 11.6 Å². The van der Waals surface area contributed by atoms with E-state index >= 15 is 0 Å². The zero-order valence-electron chi connectivity index (χ0n) is 17.6. The van der Waals surface area contributed by atoms with Crippen LogP contribution in [0.1, 0.15) is 34.3 Å². The summed E-state index contributed by atoms with van der Waals surface area (Å²) in [7, 11) is 0. The van der Waals surface area contributed by atoms with Gasteiger partial charge in [0.2, 0.25) is 0 Å². The number of hydrogen-bond acceptors (Lipinski definition) is 7. The molecule has 1 atom stereocenters. The van der Waals surface area contributed by atoms with Crippen molar-refractivity contribution in [1.82, 2.24) is 25.2 Å². The lowest BCUT2D eigenvalue weighted by Gasteiger charge is -2.29. The molecule has 1 aliphatic heterocycles. The van der Waals surface area contributed by atoms with Crippen molar-refractivity contribution < 1.29 is 18.3 Å². The molecule has 1 saturated heterocycles. The zero-order valence-corrected chi connectivity index (χ0v) is 18.3. The van der Waals surface area contributed by atoms with Crippen LogP contribution < -0.4 is 5.32 Å². The minimum atomic E-state index is -0.534. The maximum absolute atomic E-state index is 13.1. The summed E-state index contributed by atoms with van der Waals surface area (Å²) in [5.74, 6) is 0.143. The molecule has 3 heterocycles. The second-order valence-electron chi connectivity index (χ2n) is 7.45. The van der Waals surface area contributed by atoms with Gasteiger partial charge in [-0.2, -0.15) is 0 Å². The van der Waals surface area contributed by atoms with E-state index in [-0.39, 0.29) is 17.5 Å². The number of benzene rings is 1. The molecule has 0 saturated carbocycles. The summed E-state index contributed by atoms with van der Waals surface area (Å²) in [6, 6.07) is 4.69. The van der Waals surface area contributed by atoms with Crippen molar-refractivity contribution in [3.63, 3.8) is 0 Å². The van der Waals surface area contributed by atoms with Crippen molar-refractivity contribution in [2.24, 2.45) is 0 Å². The van der Waals surface area contributed by atoms with Crippen LogP contribution in [0, 0.1) is 12.7 Å². The van der Waals surface area contributed by atoms with E-state index in [9.17, 15) is 9.18 Å². The third-order valence-corrected chi connectivity index (χ3v) is 5.66. The largest absolute Gasteiger partial charge is 0.446 e. The van der Waals surface area contributed by atoms with Crippen molar-refractivity contribution in [2.45, 2.75) is 19.4 Å². The van der Waals surface area contributed by atoms with Gasteiger partial charge in [-0.15, -0.1) is 0 Å². The summed E-state index contributed by atoms with van der Waals surface area (Å²) in [6.07, 6.45) is 4.46. The maximum Gasteiger partial charge on any atom is 0.252 e. The number of carbonyl (C=O) groups is 1. The molecule has 1 fully saturated rings. The normalized spacial score (nSPS) is 15.8. The van der Waals surface area contributed by atoms with Gasteiger partial charge in [-0.3, -0.25) is 9.69 Å². The zero-order chi connectivity index (χ0) is 22.5. The van der Waals surface area contributed by atoms with E-state index < -0.39 is 5.82 Å². The Morgan fingerprint density at radius 1 is 1.25 bits per heavy atom. The van der Waals surface area contributed by atoms with Crippen LogP contribution in [0.5, 0.6) is 0 Å². The molecule has 8 nitrogen and oxygen atoms in total. The first-order valence-electron chi connectivity index (χ1n) is 10.3. The first-order chi connectivity index (χ1) is 15.5. The van der Waals surface area contributed by atoms with Crippen LogP contribution in [-0.4, -0.2) is 58.6 Å². The molecule has 1 aliphatic rings. The summed E-state index contributed by atoms with van der Waals surface area (Å²) in [4.78, 5) is 27.4. The van der Waals surface area contributed by atoms with Gasteiger partial charge in [0.25, 0.3) is 5.91 Å². The Balaban J connectivity index is 1.53. The van der Waals surface area contributed by atoms with Crippen LogP contribution in [0.25, 0.3) is 11.4 Å². The second kappa shape index (κ2) is 10.2. The lowest BCUT2D eigenvalue weighted by Crippen LogP contribution is -2.39. The van der Waals surface area contributed by atoms with Gasteiger partial charge in [0.05, 0.1) is 41.3 Å². The van der Waals surface area contributed by atoms with E-state index in [2.05, 4.69) is 25.2 Å². The van der Waals surface area contributed by atoms with Crippen LogP contribution in [0.15, 0.2) is 41.4 Å². The second-order valence-corrected chi connectivity index (χ2v) is 7.86. The van der Waals surface area contributed by atoms with Gasteiger partial charge in [0.1, 0.15) is 5.76 Å². The molecule has 0 spiro atoms. The predicted octanol–water partition coefficient (Wildman–Crippen LogP) is 3.43. The van der Waals surface area contributed by atoms with Crippen molar-refractivity contribution >= 4 is 17.5 Å². The van der Waals surface area contributed by atoms with Crippen molar-refractivity contribution in [2.75, 3.05) is 32.8 Å². The lowest BCUT2D eigenvalue weighted by atomic mass is 10.1. The Labute approximate surface area is 189 Å². The molecule has 3 aromatic rings. The van der Waals surface area contributed by atoms with E-state index in [0.717, 1.165) is 37.6 Å². The van der Waals surface area contributed by atoms with Gasteiger partial charge in [-0.25, -0.2) is 19.3 Å². The minimum absolute atomic E-state index is 0.189. The van der Waals surface area contributed by atoms with Gasteiger partial charge in [-0.05, 0) is 31.5 Å². The summed E-state index contributed by atoms with van der Waals surface area (Å²) in [5.41, 5.74) is 1.62. The number of aromatic nitrogens is 3. The summed E-state index contributed by atoms with van der Waals surface area (Å²) < 4.78 is 24.4. The number of oxazole rings is 1. The summed E-state index contributed by atoms with van der Waals surface area (Å²) >= 11 is 6.30. The number of nitrogens with zero attached hydrogens (tertiary/aromatic N) is 4. The summed E-state index contributed by atoms with van der Waals surface area (Å²) in [6.45, 7) is 5.05. The molecule has 2 aromatic heterocycles. The number of halogens is 2. The van der Waals surface area contributed by atoms with Crippen molar-refractivity contribution in [3.8, 4) is 11.4 Å². The highest BCUT2D eigenvalue weighted by Gasteiger charge is 2.27. The standard InChI is InChI=1S/C22H23ClFN5O3/c1-14-20(32-13-28-14)19(29-5-2-7-31-8-6-29)12-27-22(30)17-9-15(3-4-18(17)23)21-25-10-16(24)11-26-21/h3-4,9-11,13,19H,2,5-8,12H2,1H3,(H,27,30). The Bertz CT molecular complexity index is 1070. The molecule has 0 aliphatic carbocycles. The van der Waals surface area contributed by atoms with Gasteiger partial charge in [0, 0.05) is 31.8 Å². The van der Waals surface area contributed by atoms with E-state index in [1.807, 2.05) is 6.92 Å². The molecule has 4 rings (SSSR count). The highest BCUT2D eigenvalue weighted by Crippen LogP contribution is 2.26. The molecular weight excluding hydrogens is 437 g/mol. The molecule has 1 unspecified atom stereocenters. The fraction of sp³-hybridized carbons (Fsp3) is 0.364. The number of ether oxygens (including phenoxy) is 1. The Morgan fingerprint density at radius 2 is 2.06 bits per heavy atom. The van der Waals surface area contributed by atoms with Gasteiger partial charge in [0.15, 0.2) is 18.0 Å². The molecule has 0 radical (unpaired) electrons. The number of carbonyl (C=O) groups excluding carboxylic acids is 1. The molecular formula is C22H23ClFN5O3. The van der Waals surface area contributed by atoms with E-state index in [0.29, 0.717) is 41.9 Å². The van der Waals surface area contributed by atoms with Crippen molar-refractivity contribution in [1.29, 1.82) is 0 Å². The summed E-state index contributed by atoms with van der Waals surface area (Å²) in [5, 5.41) is 3.26. The van der Waals surface area contributed by atoms with Crippen LogP contribution in [0.3, 0.4) is 0 Å². The average molecular weight is 460 g/mol. The Kier molecular flexibility index (Phi) is 7.09. The topological polar surface area (TPSA) is 93.4 Å². The minimum Gasteiger partial charge on any atom is -0.446 e.